The van der Waals surface area contributed by atoms with Gasteiger partial charge in [0.2, 0.25) is 0 Å². The standard InChI is InChI=1S/C23H27BrO4/c1-22(2,27)20(25)17-9-5-15(6-10-17)19(13-14-24)16-7-11-18(12-8-16)21(26)23(3,4)28/h5-12,19,27-28H,13-14H2,1-4H3. The van der Waals surface area contributed by atoms with Gasteiger partial charge in [-0.1, -0.05) is 64.5 Å². The molecule has 0 saturated carbocycles. The van der Waals surface area contributed by atoms with Gasteiger partial charge in [-0.3, -0.25) is 9.59 Å². The van der Waals surface area contributed by atoms with Crippen LogP contribution in [0.1, 0.15) is 71.9 Å². The molecule has 0 aromatic heterocycles. The lowest BCUT2D eigenvalue weighted by molar-refractivity contribution is 0.0487. The molecule has 0 aliphatic rings. The molecule has 5 heteroatoms. The van der Waals surface area contributed by atoms with Gasteiger partial charge in [-0.2, -0.15) is 0 Å². The van der Waals surface area contributed by atoms with E-state index in [0.29, 0.717) is 11.1 Å². The van der Waals surface area contributed by atoms with Crippen molar-refractivity contribution in [1.29, 1.82) is 0 Å². The monoisotopic (exact) mass is 446 g/mol. The van der Waals surface area contributed by atoms with E-state index in [1.54, 1.807) is 24.3 Å². The largest absolute Gasteiger partial charge is 0.382 e. The number of rotatable bonds is 8. The number of Topliss-reactive ketones (excluding diaryl/α,β-unsaturated/α-hetero) is 2. The molecule has 2 rings (SSSR count). The number of carbonyl (C=O) groups excluding carboxylic acids is 2. The fourth-order valence-electron chi connectivity index (χ4n) is 3.07. The van der Waals surface area contributed by atoms with Gasteiger partial charge in [-0.05, 0) is 45.2 Å². The van der Waals surface area contributed by atoms with E-state index < -0.39 is 11.2 Å². The summed E-state index contributed by atoms with van der Waals surface area (Å²) in [6.07, 6.45) is 0.845. The van der Waals surface area contributed by atoms with Gasteiger partial charge in [-0.25, -0.2) is 0 Å². The summed E-state index contributed by atoms with van der Waals surface area (Å²) in [6, 6.07) is 14.6. The SMILES string of the molecule is CC(C)(O)C(=O)c1ccc(C(CCBr)c2ccc(C(=O)C(C)(C)O)cc2)cc1. The Hall–Kier alpha value is -1.82. The van der Waals surface area contributed by atoms with Crippen molar-refractivity contribution in [1.82, 2.24) is 0 Å². The zero-order chi connectivity index (χ0) is 21.1. The summed E-state index contributed by atoms with van der Waals surface area (Å²) in [4.78, 5) is 24.4. The van der Waals surface area contributed by atoms with Crippen LogP contribution in [0.4, 0.5) is 0 Å². The van der Waals surface area contributed by atoms with Gasteiger partial charge >= 0.3 is 0 Å². The van der Waals surface area contributed by atoms with Crippen LogP contribution < -0.4 is 0 Å². The highest BCUT2D eigenvalue weighted by Gasteiger charge is 2.26. The first-order valence-corrected chi connectivity index (χ1v) is 10.4. The van der Waals surface area contributed by atoms with E-state index in [2.05, 4.69) is 15.9 Å². The van der Waals surface area contributed by atoms with Gasteiger partial charge < -0.3 is 10.2 Å². The lowest BCUT2D eigenvalue weighted by atomic mass is 9.86. The normalized spacial score (nSPS) is 12.3. The van der Waals surface area contributed by atoms with E-state index in [4.69, 9.17) is 0 Å². The zero-order valence-electron chi connectivity index (χ0n) is 16.7. The zero-order valence-corrected chi connectivity index (χ0v) is 18.3. The number of benzene rings is 2. The van der Waals surface area contributed by atoms with Crippen molar-refractivity contribution in [2.24, 2.45) is 0 Å². The van der Waals surface area contributed by atoms with Gasteiger partial charge in [-0.15, -0.1) is 0 Å². The number of aliphatic hydroxyl groups is 2. The second-order valence-electron chi connectivity index (χ2n) is 8.05. The minimum atomic E-state index is -1.40. The molecule has 0 aliphatic carbocycles. The van der Waals surface area contributed by atoms with Crippen LogP contribution in [0.15, 0.2) is 48.5 Å². The predicted molar refractivity (Wildman–Crippen MR) is 114 cm³/mol. The van der Waals surface area contributed by atoms with Gasteiger partial charge in [0, 0.05) is 22.4 Å². The van der Waals surface area contributed by atoms with E-state index in [0.717, 1.165) is 22.9 Å². The van der Waals surface area contributed by atoms with Crippen LogP contribution in [-0.2, 0) is 0 Å². The number of carbonyl (C=O) groups is 2. The van der Waals surface area contributed by atoms with Crippen LogP contribution in [0, 0.1) is 0 Å². The second-order valence-corrected chi connectivity index (χ2v) is 8.84. The molecule has 2 aromatic carbocycles. The summed E-state index contributed by atoms with van der Waals surface area (Å²) >= 11 is 3.50. The fourth-order valence-corrected chi connectivity index (χ4v) is 3.53. The third-order valence-electron chi connectivity index (χ3n) is 4.66. The molecule has 28 heavy (non-hydrogen) atoms. The lowest BCUT2D eigenvalue weighted by Crippen LogP contribution is -2.31. The molecule has 0 bridgehead atoms. The maximum Gasteiger partial charge on any atom is 0.193 e. The number of ketones is 2. The molecule has 0 amide bonds. The Morgan fingerprint density at radius 1 is 0.786 bits per heavy atom. The average Bonchev–Trinajstić information content (AvgIpc) is 2.64. The first-order valence-electron chi connectivity index (χ1n) is 9.25. The molecule has 0 spiro atoms. The summed E-state index contributed by atoms with van der Waals surface area (Å²) in [5, 5.41) is 20.6. The predicted octanol–water partition coefficient (Wildman–Crippen LogP) is 4.51. The van der Waals surface area contributed by atoms with Crippen molar-refractivity contribution in [3.8, 4) is 0 Å². The Bertz CT molecular complexity index is 755. The quantitative estimate of drug-likeness (QED) is 0.461. The summed E-state index contributed by atoms with van der Waals surface area (Å²) < 4.78 is 0. The van der Waals surface area contributed by atoms with Crippen molar-refractivity contribution in [2.75, 3.05) is 5.33 Å². The number of halogens is 1. The van der Waals surface area contributed by atoms with Crippen LogP contribution in [0.25, 0.3) is 0 Å². The topological polar surface area (TPSA) is 74.6 Å². The highest BCUT2D eigenvalue weighted by Crippen LogP contribution is 2.30. The van der Waals surface area contributed by atoms with Gasteiger partial charge in [0.25, 0.3) is 0 Å². The molecule has 2 N–H and O–H groups in total. The lowest BCUT2D eigenvalue weighted by Gasteiger charge is -2.20. The van der Waals surface area contributed by atoms with Gasteiger partial charge in [0.15, 0.2) is 11.6 Å². The molecule has 0 aliphatic heterocycles. The van der Waals surface area contributed by atoms with Crippen LogP contribution in [-0.4, -0.2) is 38.3 Å². The number of hydrogen-bond donors (Lipinski definition) is 2. The van der Waals surface area contributed by atoms with Crippen LogP contribution in [0.3, 0.4) is 0 Å². The Kier molecular flexibility index (Phi) is 6.97. The smallest absolute Gasteiger partial charge is 0.193 e. The Balaban J connectivity index is 2.30. The van der Waals surface area contributed by atoms with Crippen molar-refractivity contribution < 1.29 is 19.8 Å². The number of alkyl halides is 1. The molecule has 0 unspecified atom stereocenters. The second kappa shape index (κ2) is 8.68. The third kappa shape index (κ3) is 5.37. The van der Waals surface area contributed by atoms with Crippen LogP contribution >= 0.6 is 15.9 Å². The van der Waals surface area contributed by atoms with E-state index in [1.807, 2.05) is 24.3 Å². The van der Waals surface area contributed by atoms with Crippen LogP contribution in [0.5, 0.6) is 0 Å². The molecule has 0 fully saturated rings. The molecular weight excluding hydrogens is 420 g/mol. The summed E-state index contributed by atoms with van der Waals surface area (Å²) in [6.45, 7) is 5.92. The summed E-state index contributed by atoms with van der Waals surface area (Å²) in [5.41, 5.74) is 0.237. The minimum Gasteiger partial charge on any atom is -0.382 e. The van der Waals surface area contributed by atoms with Gasteiger partial charge in [0.1, 0.15) is 11.2 Å². The van der Waals surface area contributed by atoms with Crippen molar-refractivity contribution in [3.63, 3.8) is 0 Å². The van der Waals surface area contributed by atoms with Gasteiger partial charge in [0.05, 0.1) is 0 Å². The molecule has 0 atom stereocenters. The maximum absolute atomic E-state index is 12.2. The van der Waals surface area contributed by atoms with Crippen LogP contribution in [0.2, 0.25) is 0 Å². The van der Waals surface area contributed by atoms with Crippen molar-refractivity contribution in [2.45, 2.75) is 51.2 Å². The number of hydrogen-bond acceptors (Lipinski definition) is 4. The highest BCUT2D eigenvalue weighted by molar-refractivity contribution is 9.09. The Labute approximate surface area is 174 Å². The first-order chi connectivity index (χ1) is 12.9. The summed E-state index contributed by atoms with van der Waals surface area (Å²) in [7, 11) is 0. The minimum absolute atomic E-state index is 0.0944. The Morgan fingerprint density at radius 3 is 1.36 bits per heavy atom. The summed E-state index contributed by atoms with van der Waals surface area (Å²) in [5.74, 6) is -0.534. The van der Waals surface area contributed by atoms with Crippen molar-refractivity contribution in [3.05, 3.63) is 70.8 Å². The van der Waals surface area contributed by atoms with E-state index in [-0.39, 0.29) is 17.5 Å². The molecular formula is C23H27BrO4. The van der Waals surface area contributed by atoms with E-state index >= 15 is 0 Å². The third-order valence-corrected chi connectivity index (χ3v) is 5.12. The molecule has 0 heterocycles. The first kappa shape index (κ1) is 22.5. The van der Waals surface area contributed by atoms with E-state index in [9.17, 15) is 19.8 Å². The highest BCUT2D eigenvalue weighted by atomic mass is 79.9. The van der Waals surface area contributed by atoms with E-state index in [1.165, 1.54) is 27.7 Å². The fraction of sp³-hybridized carbons (Fsp3) is 0.391. The van der Waals surface area contributed by atoms with Crippen molar-refractivity contribution >= 4 is 27.5 Å². The Morgan fingerprint density at radius 2 is 1.11 bits per heavy atom. The molecule has 0 radical (unpaired) electrons. The molecule has 4 nitrogen and oxygen atoms in total. The average molecular weight is 447 g/mol. The maximum atomic E-state index is 12.2. The molecule has 150 valence electrons. The molecule has 2 aromatic rings. The molecule has 0 saturated heterocycles.